The Labute approximate surface area is 116 Å². The molecule has 106 valence electrons. The van der Waals surface area contributed by atoms with Gasteiger partial charge in [0.25, 0.3) is 5.56 Å². The van der Waals surface area contributed by atoms with Crippen LogP contribution in [0.5, 0.6) is 0 Å². The second-order valence-corrected chi connectivity index (χ2v) is 5.78. The number of hydrogen-bond donors (Lipinski definition) is 0. The standard InChI is InChI=1S/C13H19ClN2O3/c1-8(2)5-15-11(14)10(7-17)12(18)16(13(15)19)6-9(3)4/h7-9H,5-6H2,1-4H3. The van der Waals surface area contributed by atoms with Crippen molar-refractivity contribution in [1.29, 1.82) is 0 Å². The van der Waals surface area contributed by atoms with E-state index in [4.69, 9.17) is 11.6 Å². The highest BCUT2D eigenvalue weighted by molar-refractivity contribution is 6.31. The van der Waals surface area contributed by atoms with Crippen LogP contribution >= 0.6 is 11.6 Å². The van der Waals surface area contributed by atoms with Gasteiger partial charge in [0, 0.05) is 13.1 Å². The van der Waals surface area contributed by atoms with Crippen LogP contribution in [0.3, 0.4) is 0 Å². The van der Waals surface area contributed by atoms with Crippen LogP contribution in [0, 0.1) is 11.8 Å². The molecule has 0 aliphatic rings. The first-order chi connectivity index (χ1) is 8.79. The lowest BCUT2D eigenvalue weighted by atomic mass is 10.2. The molecular formula is C13H19ClN2O3. The van der Waals surface area contributed by atoms with Crippen LogP contribution < -0.4 is 11.2 Å². The SMILES string of the molecule is CC(C)Cn1c(Cl)c(C=O)c(=O)n(CC(C)C)c1=O. The van der Waals surface area contributed by atoms with Crippen LogP contribution in [0.2, 0.25) is 5.15 Å². The van der Waals surface area contributed by atoms with E-state index >= 15 is 0 Å². The minimum atomic E-state index is -0.612. The molecule has 0 bridgehead atoms. The average Bonchev–Trinajstić information content (AvgIpc) is 2.30. The van der Waals surface area contributed by atoms with Gasteiger partial charge in [0.05, 0.1) is 0 Å². The summed E-state index contributed by atoms with van der Waals surface area (Å²) >= 11 is 5.99. The zero-order valence-corrected chi connectivity index (χ0v) is 12.4. The topological polar surface area (TPSA) is 61.1 Å². The van der Waals surface area contributed by atoms with Gasteiger partial charge in [-0.3, -0.25) is 18.7 Å². The summed E-state index contributed by atoms with van der Waals surface area (Å²) in [6, 6.07) is 0. The molecule has 0 fully saturated rings. The second-order valence-electron chi connectivity index (χ2n) is 5.42. The lowest BCUT2D eigenvalue weighted by molar-refractivity contribution is 0.112. The first kappa shape index (κ1) is 15.7. The normalized spacial score (nSPS) is 11.3. The first-order valence-electron chi connectivity index (χ1n) is 6.27. The Hall–Kier alpha value is -1.36. The summed E-state index contributed by atoms with van der Waals surface area (Å²) in [6.07, 6.45) is 0.414. The Balaban J connectivity index is 3.61. The predicted octanol–water partition coefficient (Wildman–Crippen LogP) is 1.79. The lowest BCUT2D eigenvalue weighted by Gasteiger charge is -2.16. The Morgan fingerprint density at radius 3 is 1.95 bits per heavy atom. The van der Waals surface area contributed by atoms with E-state index in [0.717, 1.165) is 4.57 Å². The maximum absolute atomic E-state index is 12.3. The molecule has 1 heterocycles. The van der Waals surface area contributed by atoms with Crippen molar-refractivity contribution in [3.8, 4) is 0 Å². The quantitative estimate of drug-likeness (QED) is 0.612. The van der Waals surface area contributed by atoms with E-state index < -0.39 is 11.2 Å². The zero-order chi connectivity index (χ0) is 14.7. The molecule has 0 unspecified atom stereocenters. The van der Waals surface area contributed by atoms with Gasteiger partial charge in [-0.2, -0.15) is 0 Å². The second kappa shape index (κ2) is 6.19. The molecule has 5 nitrogen and oxygen atoms in total. The summed E-state index contributed by atoms with van der Waals surface area (Å²) in [5.74, 6) is 0.304. The summed E-state index contributed by atoms with van der Waals surface area (Å²) in [4.78, 5) is 35.3. The molecule has 0 aliphatic carbocycles. The third kappa shape index (κ3) is 3.35. The van der Waals surface area contributed by atoms with Crippen LogP contribution in [0.4, 0.5) is 0 Å². The van der Waals surface area contributed by atoms with Gasteiger partial charge >= 0.3 is 5.69 Å². The van der Waals surface area contributed by atoms with Crippen LogP contribution in [0.25, 0.3) is 0 Å². The van der Waals surface area contributed by atoms with Gasteiger partial charge < -0.3 is 0 Å². The van der Waals surface area contributed by atoms with Crippen molar-refractivity contribution < 1.29 is 4.79 Å². The van der Waals surface area contributed by atoms with Crippen molar-refractivity contribution in [3.05, 3.63) is 31.6 Å². The first-order valence-corrected chi connectivity index (χ1v) is 6.65. The van der Waals surface area contributed by atoms with Gasteiger partial charge in [-0.05, 0) is 11.8 Å². The average molecular weight is 287 g/mol. The number of aromatic nitrogens is 2. The third-order valence-electron chi connectivity index (χ3n) is 2.61. The summed E-state index contributed by atoms with van der Waals surface area (Å²) in [6.45, 7) is 8.30. The maximum Gasteiger partial charge on any atom is 0.332 e. The molecule has 1 aromatic rings. The molecular weight excluding hydrogens is 268 g/mol. The van der Waals surface area contributed by atoms with Gasteiger partial charge in [-0.25, -0.2) is 4.79 Å². The number of nitrogens with zero attached hydrogens (tertiary/aromatic N) is 2. The zero-order valence-electron chi connectivity index (χ0n) is 11.6. The minimum absolute atomic E-state index is 0.0706. The highest BCUT2D eigenvalue weighted by Gasteiger charge is 2.18. The number of halogens is 1. The van der Waals surface area contributed by atoms with E-state index in [1.165, 1.54) is 4.57 Å². The van der Waals surface area contributed by atoms with Gasteiger partial charge in [0.15, 0.2) is 6.29 Å². The number of hydrogen-bond acceptors (Lipinski definition) is 3. The summed E-state index contributed by atoms with van der Waals surface area (Å²) in [7, 11) is 0. The van der Waals surface area contributed by atoms with Gasteiger partial charge in [-0.15, -0.1) is 0 Å². The number of rotatable bonds is 5. The molecule has 1 aromatic heterocycles. The van der Waals surface area contributed by atoms with E-state index in [2.05, 4.69) is 0 Å². The molecule has 0 atom stereocenters. The largest absolute Gasteiger partial charge is 0.332 e. The summed E-state index contributed by atoms with van der Waals surface area (Å²) < 4.78 is 2.38. The monoisotopic (exact) mass is 286 g/mol. The van der Waals surface area contributed by atoms with Crippen molar-refractivity contribution in [2.24, 2.45) is 11.8 Å². The summed E-state index contributed by atoms with van der Waals surface area (Å²) in [5.41, 5.74) is -1.22. The molecule has 1 rings (SSSR count). The van der Waals surface area contributed by atoms with Gasteiger partial charge in [0.2, 0.25) is 0 Å². The van der Waals surface area contributed by atoms with Crippen molar-refractivity contribution >= 4 is 17.9 Å². The molecule has 19 heavy (non-hydrogen) atoms. The minimum Gasteiger partial charge on any atom is -0.298 e. The molecule has 0 aromatic carbocycles. The van der Waals surface area contributed by atoms with E-state index in [-0.39, 0.29) is 29.1 Å². The molecule has 0 spiro atoms. The van der Waals surface area contributed by atoms with Crippen LogP contribution in [0.15, 0.2) is 9.59 Å². The summed E-state index contributed by atoms with van der Waals surface area (Å²) in [5, 5.41) is -0.0706. The number of aldehydes is 1. The van der Waals surface area contributed by atoms with Gasteiger partial charge in [0.1, 0.15) is 10.7 Å². The van der Waals surface area contributed by atoms with E-state index in [9.17, 15) is 14.4 Å². The molecule has 6 heteroatoms. The fourth-order valence-corrected chi connectivity index (χ4v) is 2.11. The van der Waals surface area contributed by atoms with Crippen LogP contribution in [-0.4, -0.2) is 15.4 Å². The molecule has 0 saturated carbocycles. The smallest absolute Gasteiger partial charge is 0.298 e. The fraction of sp³-hybridized carbons (Fsp3) is 0.615. The maximum atomic E-state index is 12.3. The van der Waals surface area contributed by atoms with E-state index in [0.29, 0.717) is 12.8 Å². The third-order valence-corrected chi connectivity index (χ3v) is 3.02. The molecule has 0 N–H and O–H groups in total. The Kier molecular flexibility index (Phi) is 5.11. The molecule has 0 radical (unpaired) electrons. The Morgan fingerprint density at radius 2 is 1.53 bits per heavy atom. The molecule has 0 amide bonds. The van der Waals surface area contributed by atoms with Crippen molar-refractivity contribution in [1.82, 2.24) is 9.13 Å². The van der Waals surface area contributed by atoms with Gasteiger partial charge in [-0.1, -0.05) is 39.3 Å². The Bertz CT molecular complexity index is 585. The van der Waals surface area contributed by atoms with Crippen molar-refractivity contribution in [2.75, 3.05) is 0 Å². The van der Waals surface area contributed by atoms with E-state index in [1.54, 1.807) is 0 Å². The highest BCUT2D eigenvalue weighted by atomic mass is 35.5. The predicted molar refractivity (Wildman–Crippen MR) is 75.0 cm³/mol. The Morgan fingerprint density at radius 1 is 1.05 bits per heavy atom. The van der Waals surface area contributed by atoms with E-state index in [1.807, 2.05) is 27.7 Å². The molecule has 0 saturated heterocycles. The van der Waals surface area contributed by atoms with Crippen LogP contribution in [-0.2, 0) is 13.1 Å². The number of carbonyl (C=O) groups is 1. The highest BCUT2D eigenvalue weighted by Crippen LogP contribution is 2.11. The number of carbonyl (C=O) groups excluding carboxylic acids is 1. The molecule has 0 aliphatic heterocycles. The van der Waals surface area contributed by atoms with Crippen molar-refractivity contribution in [3.63, 3.8) is 0 Å². The fourth-order valence-electron chi connectivity index (χ4n) is 1.84. The van der Waals surface area contributed by atoms with Crippen molar-refractivity contribution in [2.45, 2.75) is 40.8 Å². The van der Waals surface area contributed by atoms with Crippen LogP contribution in [0.1, 0.15) is 38.1 Å². The lowest BCUT2D eigenvalue weighted by Crippen LogP contribution is -2.43.